The first-order chi connectivity index (χ1) is 16.8. The van der Waals surface area contributed by atoms with Crippen molar-refractivity contribution >= 4 is 23.8 Å². The molecule has 180 valence electrons. The van der Waals surface area contributed by atoms with Gasteiger partial charge in [0, 0.05) is 43.0 Å². The number of aliphatic imine (C=N–C) groups is 3. The highest BCUT2D eigenvalue weighted by Crippen LogP contribution is 2.33. The molecule has 35 heavy (non-hydrogen) atoms. The first-order valence-corrected chi connectivity index (χ1v) is 11.4. The van der Waals surface area contributed by atoms with Gasteiger partial charge in [0.1, 0.15) is 5.71 Å². The molecular weight excluding hydrogens is 452 g/mol. The van der Waals surface area contributed by atoms with Crippen molar-refractivity contribution in [1.29, 1.82) is 0 Å². The van der Waals surface area contributed by atoms with Gasteiger partial charge in [0.2, 0.25) is 5.96 Å². The van der Waals surface area contributed by atoms with Crippen molar-refractivity contribution in [2.24, 2.45) is 20.7 Å². The third-order valence-electron chi connectivity index (χ3n) is 6.24. The second-order valence-electron chi connectivity index (χ2n) is 8.92. The summed E-state index contributed by atoms with van der Waals surface area (Å²) >= 11 is 0. The van der Waals surface area contributed by atoms with Crippen molar-refractivity contribution < 1.29 is 13.6 Å². The number of nitrogens with one attached hydrogen (secondary N) is 1. The minimum absolute atomic E-state index is 0.115. The fraction of sp³-hybridized carbons (Fsp3) is 0.320. The smallest absolute Gasteiger partial charge is 0.274 e. The summed E-state index contributed by atoms with van der Waals surface area (Å²) in [6, 6.07) is 7.66. The van der Waals surface area contributed by atoms with Gasteiger partial charge in [0.25, 0.3) is 11.8 Å². The fourth-order valence-corrected chi connectivity index (χ4v) is 4.49. The Hall–Kier alpha value is -3.79. The van der Waals surface area contributed by atoms with E-state index >= 15 is 0 Å². The van der Waals surface area contributed by atoms with Crippen molar-refractivity contribution in [3.63, 3.8) is 0 Å². The van der Waals surface area contributed by atoms with Crippen LogP contribution in [0.2, 0.25) is 0 Å². The maximum atomic E-state index is 13.6. The van der Waals surface area contributed by atoms with Crippen LogP contribution in [0.5, 0.6) is 0 Å². The molecule has 1 fully saturated rings. The lowest BCUT2D eigenvalue weighted by atomic mass is 9.96. The minimum atomic E-state index is -2.63. The van der Waals surface area contributed by atoms with Crippen LogP contribution >= 0.6 is 0 Å². The highest BCUT2D eigenvalue weighted by Gasteiger charge is 2.38. The third kappa shape index (κ3) is 5.02. The number of nitrogens with zero attached hydrogens (tertiary/aromatic N) is 5. The summed E-state index contributed by atoms with van der Waals surface area (Å²) in [6.07, 6.45) is 6.51. The molecule has 10 heteroatoms. The number of hydrogen-bond donors (Lipinski definition) is 2. The number of benzene rings is 1. The normalized spacial score (nSPS) is 21.1. The predicted octanol–water partition coefficient (Wildman–Crippen LogP) is 2.85. The summed E-state index contributed by atoms with van der Waals surface area (Å²) in [5, 5.41) is 2.83. The first kappa shape index (κ1) is 23.0. The van der Waals surface area contributed by atoms with Gasteiger partial charge in [0.15, 0.2) is 0 Å². The number of alkyl halides is 2. The number of aromatic nitrogens is 1. The molecule has 0 saturated carbocycles. The molecule has 2 aromatic rings. The molecule has 1 aromatic heterocycles. The summed E-state index contributed by atoms with van der Waals surface area (Å²) < 4.78 is 27.1. The van der Waals surface area contributed by atoms with E-state index in [4.69, 9.17) is 5.73 Å². The number of amides is 1. The molecule has 0 bridgehead atoms. The number of carbonyl (C=O) groups is 1. The van der Waals surface area contributed by atoms with E-state index < -0.39 is 5.92 Å². The Morgan fingerprint density at radius 2 is 2.11 bits per heavy atom. The average Bonchev–Trinajstić information content (AvgIpc) is 3.26. The number of likely N-dealkylation sites (tertiary alicyclic amines) is 1. The Kier molecular flexibility index (Phi) is 5.98. The number of fused-ring (bicyclic) bond motifs is 1. The molecule has 1 amide bonds. The molecule has 0 spiro atoms. The van der Waals surface area contributed by atoms with Gasteiger partial charge in [0.05, 0.1) is 31.0 Å². The van der Waals surface area contributed by atoms with Crippen LogP contribution in [0.4, 0.5) is 8.78 Å². The molecule has 4 heterocycles. The van der Waals surface area contributed by atoms with Crippen molar-refractivity contribution in [1.82, 2.24) is 15.2 Å². The quantitative estimate of drug-likeness (QED) is 0.690. The fourth-order valence-electron chi connectivity index (χ4n) is 4.49. The predicted molar refractivity (Wildman–Crippen MR) is 131 cm³/mol. The van der Waals surface area contributed by atoms with Crippen LogP contribution in [0.25, 0.3) is 11.1 Å². The van der Waals surface area contributed by atoms with Gasteiger partial charge in [-0.15, -0.1) is 0 Å². The monoisotopic (exact) mass is 477 g/mol. The van der Waals surface area contributed by atoms with Gasteiger partial charge in [-0.3, -0.25) is 19.7 Å². The average molecular weight is 478 g/mol. The molecule has 5 rings (SSSR count). The summed E-state index contributed by atoms with van der Waals surface area (Å²) in [5.74, 6) is -2.81. The summed E-state index contributed by atoms with van der Waals surface area (Å²) in [7, 11) is 0. The van der Waals surface area contributed by atoms with Gasteiger partial charge in [-0.1, -0.05) is 12.1 Å². The SMILES string of the molecule is C[C@H]1N=C(C(=O)NC2=CCN=C(N)N=C2)c2cc(-c3cncc(CN4CCC(F)(F)C4)c3)ccc21. The van der Waals surface area contributed by atoms with Crippen LogP contribution in [0.3, 0.4) is 0 Å². The topological polar surface area (TPSA) is 108 Å². The summed E-state index contributed by atoms with van der Waals surface area (Å²) in [5.41, 5.74) is 10.7. The van der Waals surface area contributed by atoms with Crippen molar-refractivity contribution in [3.8, 4) is 11.1 Å². The molecule has 3 aliphatic heterocycles. The summed E-state index contributed by atoms with van der Waals surface area (Å²) in [4.78, 5) is 31.7. The van der Waals surface area contributed by atoms with E-state index in [1.54, 1.807) is 23.4 Å². The molecule has 0 aliphatic carbocycles. The van der Waals surface area contributed by atoms with Crippen molar-refractivity contribution in [2.45, 2.75) is 31.9 Å². The van der Waals surface area contributed by atoms with Crippen LogP contribution < -0.4 is 11.1 Å². The Morgan fingerprint density at radius 3 is 2.91 bits per heavy atom. The van der Waals surface area contributed by atoms with E-state index in [2.05, 4.69) is 25.3 Å². The molecule has 0 radical (unpaired) electrons. The van der Waals surface area contributed by atoms with Gasteiger partial charge >= 0.3 is 0 Å². The number of hydrogen-bond acceptors (Lipinski definition) is 7. The Balaban J connectivity index is 1.36. The second kappa shape index (κ2) is 9.10. The first-order valence-electron chi connectivity index (χ1n) is 11.4. The number of rotatable bonds is 5. The highest BCUT2D eigenvalue weighted by molar-refractivity contribution is 6.47. The maximum absolute atomic E-state index is 13.6. The van der Waals surface area contributed by atoms with E-state index in [9.17, 15) is 13.6 Å². The number of carbonyl (C=O) groups excluding carboxylic acids is 1. The molecule has 3 aliphatic rings. The van der Waals surface area contributed by atoms with Gasteiger partial charge in [-0.05, 0) is 41.8 Å². The molecule has 0 unspecified atom stereocenters. The molecule has 1 saturated heterocycles. The zero-order valence-electron chi connectivity index (χ0n) is 19.2. The van der Waals surface area contributed by atoms with Crippen LogP contribution in [0.1, 0.15) is 36.1 Å². The number of halogens is 2. The van der Waals surface area contributed by atoms with Crippen LogP contribution in [-0.2, 0) is 11.3 Å². The lowest BCUT2D eigenvalue weighted by Gasteiger charge is -2.16. The molecule has 3 N–H and O–H groups in total. The van der Waals surface area contributed by atoms with Crippen LogP contribution in [-0.4, -0.2) is 59.2 Å². The van der Waals surface area contributed by atoms with E-state index in [0.717, 1.165) is 27.8 Å². The molecular formula is C25H25F2N7O. The Labute approximate surface area is 201 Å². The molecule has 8 nitrogen and oxygen atoms in total. The van der Waals surface area contributed by atoms with Crippen LogP contribution in [0.15, 0.2) is 63.4 Å². The zero-order valence-corrected chi connectivity index (χ0v) is 19.2. The minimum Gasteiger partial charge on any atom is -0.368 e. The Morgan fingerprint density at radius 1 is 1.26 bits per heavy atom. The highest BCUT2D eigenvalue weighted by atomic mass is 19.3. The Bertz CT molecular complexity index is 1300. The summed E-state index contributed by atoms with van der Waals surface area (Å²) in [6.45, 7) is 2.81. The van der Waals surface area contributed by atoms with E-state index in [-0.39, 0.29) is 30.9 Å². The number of nitrogens with two attached hydrogens (primary N) is 1. The number of allylic oxidation sites excluding steroid dienone is 1. The van der Waals surface area contributed by atoms with Crippen molar-refractivity contribution in [2.75, 3.05) is 19.6 Å². The largest absolute Gasteiger partial charge is 0.368 e. The van der Waals surface area contributed by atoms with Crippen LogP contribution in [0, 0.1) is 0 Å². The van der Waals surface area contributed by atoms with Crippen molar-refractivity contribution in [3.05, 3.63) is 65.1 Å². The number of pyridine rings is 1. The van der Waals surface area contributed by atoms with Gasteiger partial charge in [-0.2, -0.15) is 0 Å². The zero-order chi connectivity index (χ0) is 24.6. The lowest BCUT2D eigenvalue weighted by molar-refractivity contribution is -0.114. The second-order valence-corrected chi connectivity index (χ2v) is 8.92. The van der Waals surface area contributed by atoms with Gasteiger partial charge < -0.3 is 11.1 Å². The standard InChI is InChI=1S/C25H25F2N7O/c1-15-20-3-2-17(18-8-16(10-29-11-18)13-34-7-5-25(26,27)14-34)9-21(20)22(32-15)23(35)33-19-4-6-30-24(28)31-12-19/h2-4,8-12,15H,5-7,13-14H2,1H3,(H2,28,30)(H,33,35)/t15-/m1/s1. The van der Waals surface area contributed by atoms with Gasteiger partial charge in [-0.25, -0.2) is 18.8 Å². The van der Waals surface area contributed by atoms with E-state index in [1.807, 2.05) is 31.2 Å². The van der Waals surface area contributed by atoms with E-state index in [1.165, 1.54) is 6.21 Å². The molecule has 1 aromatic carbocycles. The third-order valence-corrected chi connectivity index (χ3v) is 6.24. The lowest BCUT2D eigenvalue weighted by Crippen LogP contribution is -2.31. The van der Waals surface area contributed by atoms with E-state index in [0.29, 0.717) is 31.0 Å². The number of guanidine groups is 1. The maximum Gasteiger partial charge on any atom is 0.274 e. The molecule has 1 atom stereocenters.